The normalized spacial score (nSPS) is 10.5. The van der Waals surface area contributed by atoms with E-state index in [1.807, 2.05) is 30.3 Å². The summed E-state index contributed by atoms with van der Waals surface area (Å²) < 4.78 is 0. The van der Waals surface area contributed by atoms with Crippen LogP contribution >= 0.6 is 0 Å². The van der Waals surface area contributed by atoms with E-state index in [-0.39, 0.29) is 11.5 Å². The van der Waals surface area contributed by atoms with Crippen molar-refractivity contribution in [2.45, 2.75) is 13.5 Å². The first-order valence-electron chi connectivity index (χ1n) is 5.40. The lowest BCUT2D eigenvalue weighted by atomic mass is 10.1. The Bertz CT molecular complexity index is 616. The number of carbonyl (C=O) groups excluding carboxylic acids is 1. The molecule has 88 valence electrons. The van der Waals surface area contributed by atoms with Gasteiger partial charge in [-0.3, -0.25) is 9.59 Å². The van der Waals surface area contributed by atoms with E-state index in [1.165, 1.54) is 11.8 Å². The monoisotopic (exact) mass is 230 g/mol. The third-order valence-corrected chi connectivity index (χ3v) is 2.78. The molecule has 1 heterocycles. The van der Waals surface area contributed by atoms with Gasteiger partial charge in [-0.25, -0.2) is 0 Å². The number of amides is 1. The first-order valence-corrected chi connectivity index (χ1v) is 5.40. The Labute approximate surface area is 98.9 Å². The number of H-pyrrole nitrogens is 1. The molecule has 0 bridgehead atoms. The van der Waals surface area contributed by atoms with E-state index in [2.05, 4.69) is 4.98 Å². The minimum atomic E-state index is -0.142. The summed E-state index contributed by atoms with van der Waals surface area (Å²) in [7, 11) is 1.68. The van der Waals surface area contributed by atoms with Crippen molar-refractivity contribution >= 4 is 16.8 Å². The zero-order valence-corrected chi connectivity index (χ0v) is 9.86. The van der Waals surface area contributed by atoms with Crippen LogP contribution in [-0.4, -0.2) is 22.8 Å². The second kappa shape index (κ2) is 4.41. The lowest BCUT2D eigenvalue weighted by Gasteiger charge is -2.14. The zero-order valence-electron chi connectivity index (χ0n) is 9.86. The van der Waals surface area contributed by atoms with Gasteiger partial charge in [0.1, 0.15) is 0 Å². The molecule has 0 fully saturated rings. The molecule has 0 unspecified atom stereocenters. The summed E-state index contributed by atoms with van der Waals surface area (Å²) in [6.45, 7) is 1.81. The molecule has 0 aliphatic carbocycles. The van der Waals surface area contributed by atoms with Gasteiger partial charge in [-0.1, -0.05) is 18.2 Å². The number of nitrogens with zero attached hydrogens (tertiary/aromatic N) is 1. The second-order valence-corrected chi connectivity index (χ2v) is 4.09. The Balaban J connectivity index is 2.44. The Morgan fingerprint density at radius 2 is 2.06 bits per heavy atom. The summed E-state index contributed by atoms with van der Waals surface area (Å²) in [6.07, 6.45) is 0. The number of pyridine rings is 1. The lowest BCUT2D eigenvalue weighted by Crippen LogP contribution is -2.27. The molecule has 1 N–H and O–H groups in total. The molecule has 0 atom stereocenters. The van der Waals surface area contributed by atoms with Crippen molar-refractivity contribution < 1.29 is 4.79 Å². The van der Waals surface area contributed by atoms with Crippen LogP contribution in [0.4, 0.5) is 0 Å². The summed E-state index contributed by atoms with van der Waals surface area (Å²) in [5, 5.41) is 0.971. The van der Waals surface area contributed by atoms with Crippen molar-refractivity contribution in [2.75, 3.05) is 7.05 Å². The standard InChI is InChI=1S/C13H14N2O2/c1-9(16)15(2)8-11-7-10-5-3-4-6-12(10)14-13(11)17/h3-7H,8H2,1-2H3,(H,14,17). The summed E-state index contributed by atoms with van der Waals surface area (Å²) in [5.41, 5.74) is 1.27. The molecule has 4 heteroatoms. The number of aromatic amines is 1. The number of hydrogen-bond acceptors (Lipinski definition) is 2. The number of rotatable bonds is 2. The Kier molecular flexibility index (Phi) is 2.95. The number of hydrogen-bond donors (Lipinski definition) is 1. The Hall–Kier alpha value is -2.10. The fourth-order valence-electron chi connectivity index (χ4n) is 1.68. The maximum Gasteiger partial charge on any atom is 0.253 e. The molecule has 0 radical (unpaired) electrons. The van der Waals surface area contributed by atoms with Crippen LogP contribution in [0.5, 0.6) is 0 Å². The van der Waals surface area contributed by atoms with E-state index >= 15 is 0 Å². The van der Waals surface area contributed by atoms with Crippen molar-refractivity contribution in [3.8, 4) is 0 Å². The highest BCUT2D eigenvalue weighted by atomic mass is 16.2. The average molecular weight is 230 g/mol. The smallest absolute Gasteiger partial charge is 0.253 e. The quantitative estimate of drug-likeness (QED) is 0.850. The third-order valence-electron chi connectivity index (χ3n) is 2.78. The molecule has 2 aromatic rings. The van der Waals surface area contributed by atoms with E-state index in [0.29, 0.717) is 12.1 Å². The van der Waals surface area contributed by atoms with E-state index in [1.54, 1.807) is 7.05 Å². The molecular formula is C13H14N2O2. The third kappa shape index (κ3) is 2.36. The van der Waals surface area contributed by atoms with E-state index < -0.39 is 0 Å². The van der Waals surface area contributed by atoms with Gasteiger partial charge < -0.3 is 9.88 Å². The fourth-order valence-corrected chi connectivity index (χ4v) is 1.68. The van der Waals surface area contributed by atoms with Gasteiger partial charge >= 0.3 is 0 Å². The average Bonchev–Trinajstić information content (AvgIpc) is 2.29. The van der Waals surface area contributed by atoms with Crippen LogP contribution in [0.15, 0.2) is 35.1 Å². The van der Waals surface area contributed by atoms with Gasteiger partial charge in [0.15, 0.2) is 0 Å². The summed E-state index contributed by atoms with van der Waals surface area (Å²) >= 11 is 0. The Morgan fingerprint density at radius 3 is 2.76 bits per heavy atom. The first kappa shape index (κ1) is 11.4. The Morgan fingerprint density at radius 1 is 1.35 bits per heavy atom. The molecule has 4 nitrogen and oxygen atoms in total. The summed E-state index contributed by atoms with van der Waals surface area (Å²) in [4.78, 5) is 27.3. The minimum Gasteiger partial charge on any atom is -0.341 e. The van der Waals surface area contributed by atoms with Gasteiger partial charge in [0.25, 0.3) is 5.56 Å². The SMILES string of the molecule is CC(=O)N(C)Cc1cc2ccccc2[nH]c1=O. The molecule has 1 amide bonds. The highest BCUT2D eigenvalue weighted by Gasteiger charge is 2.07. The zero-order chi connectivity index (χ0) is 12.4. The molecule has 1 aromatic heterocycles. The largest absolute Gasteiger partial charge is 0.341 e. The molecule has 0 aliphatic heterocycles. The minimum absolute atomic E-state index is 0.0578. The maximum absolute atomic E-state index is 11.8. The van der Waals surface area contributed by atoms with Crippen LogP contribution in [0.1, 0.15) is 12.5 Å². The van der Waals surface area contributed by atoms with Crippen LogP contribution in [0.2, 0.25) is 0 Å². The number of para-hydroxylation sites is 1. The predicted octanol–water partition coefficient (Wildman–Crippen LogP) is 1.51. The van der Waals surface area contributed by atoms with Gasteiger partial charge in [0, 0.05) is 25.1 Å². The topological polar surface area (TPSA) is 53.2 Å². The van der Waals surface area contributed by atoms with Crippen LogP contribution in [0, 0.1) is 0 Å². The first-order chi connectivity index (χ1) is 8.08. The van der Waals surface area contributed by atoms with Gasteiger partial charge in [-0.15, -0.1) is 0 Å². The summed E-state index contributed by atoms with van der Waals surface area (Å²) in [6, 6.07) is 9.41. The van der Waals surface area contributed by atoms with E-state index in [0.717, 1.165) is 10.9 Å². The maximum atomic E-state index is 11.8. The number of aromatic nitrogens is 1. The lowest BCUT2D eigenvalue weighted by molar-refractivity contribution is -0.128. The van der Waals surface area contributed by atoms with E-state index in [9.17, 15) is 9.59 Å². The van der Waals surface area contributed by atoms with Crippen LogP contribution in [0.25, 0.3) is 10.9 Å². The van der Waals surface area contributed by atoms with Crippen LogP contribution in [-0.2, 0) is 11.3 Å². The van der Waals surface area contributed by atoms with Crippen molar-refractivity contribution in [2.24, 2.45) is 0 Å². The molecular weight excluding hydrogens is 216 g/mol. The molecule has 1 aromatic carbocycles. The van der Waals surface area contributed by atoms with Gasteiger partial charge in [-0.2, -0.15) is 0 Å². The predicted molar refractivity (Wildman–Crippen MR) is 66.7 cm³/mol. The molecule has 2 rings (SSSR count). The number of fused-ring (bicyclic) bond motifs is 1. The van der Waals surface area contributed by atoms with Gasteiger partial charge in [0.05, 0.1) is 6.54 Å². The van der Waals surface area contributed by atoms with Crippen molar-refractivity contribution in [1.82, 2.24) is 9.88 Å². The number of benzene rings is 1. The van der Waals surface area contributed by atoms with Crippen molar-refractivity contribution in [3.05, 3.63) is 46.2 Å². The molecule has 0 aliphatic rings. The van der Waals surface area contributed by atoms with Crippen molar-refractivity contribution in [3.63, 3.8) is 0 Å². The van der Waals surface area contributed by atoms with Crippen LogP contribution in [0.3, 0.4) is 0 Å². The molecule has 0 saturated heterocycles. The molecule has 0 saturated carbocycles. The van der Waals surface area contributed by atoms with Crippen molar-refractivity contribution in [1.29, 1.82) is 0 Å². The van der Waals surface area contributed by atoms with E-state index in [4.69, 9.17) is 0 Å². The molecule has 0 spiro atoms. The highest BCUT2D eigenvalue weighted by Crippen LogP contribution is 2.10. The number of carbonyl (C=O) groups is 1. The summed E-state index contributed by atoms with van der Waals surface area (Å²) in [5.74, 6) is -0.0578. The fraction of sp³-hybridized carbons (Fsp3) is 0.231. The van der Waals surface area contributed by atoms with Gasteiger partial charge in [-0.05, 0) is 17.5 Å². The number of nitrogens with one attached hydrogen (secondary N) is 1. The highest BCUT2D eigenvalue weighted by molar-refractivity contribution is 5.79. The second-order valence-electron chi connectivity index (χ2n) is 4.09. The molecule has 17 heavy (non-hydrogen) atoms. The van der Waals surface area contributed by atoms with Crippen LogP contribution < -0.4 is 5.56 Å². The van der Waals surface area contributed by atoms with Gasteiger partial charge in [0.2, 0.25) is 5.91 Å².